The van der Waals surface area contributed by atoms with E-state index >= 15 is 0 Å². The summed E-state index contributed by atoms with van der Waals surface area (Å²) in [5.41, 5.74) is 2.74. The van der Waals surface area contributed by atoms with Crippen LogP contribution >= 0.6 is 0 Å². The number of rotatable bonds is 0. The van der Waals surface area contributed by atoms with Crippen molar-refractivity contribution in [2.45, 2.75) is 13.8 Å². The van der Waals surface area contributed by atoms with E-state index in [1.54, 1.807) is 0 Å². The molecule has 0 aliphatic rings. The highest BCUT2D eigenvalue weighted by Gasteiger charge is 1.83. The minimum Gasteiger partial charge on any atom is -0.323 e. The summed E-state index contributed by atoms with van der Waals surface area (Å²) in [5, 5.41) is 2.75. The van der Waals surface area contributed by atoms with Crippen LogP contribution in [-0.2, 0) is 0 Å². The van der Waals surface area contributed by atoms with Crippen molar-refractivity contribution in [2.24, 2.45) is 0 Å². The lowest BCUT2D eigenvalue weighted by atomic mass is 10.1. The maximum absolute atomic E-state index is 2.75. The molecule has 1 rings (SSSR count). The van der Waals surface area contributed by atoms with Crippen molar-refractivity contribution in [2.75, 3.05) is 14.1 Å². The average Bonchev–Trinajstić information content (AvgIpc) is 1.97. The van der Waals surface area contributed by atoms with Gasteiger partial charge in [0, 0.05) is 0 Å². The fourth-order valence-electron chi connectivity index (χ4n) is 0.663. The molecular formula is C10H17N. The molecule has 0 amide bonds. The number of nitrogens with one attached hydrogen (secondary N) is 1. The van der Waals surface area contributed by atoms with Crippen molar-refractivity contribution in [1.82, 2.24) is 5.32 Å². The smallest absolute Gasteiger partial charge is 0.0167 e. The Kier molecular flexibility index (Phi) is 5.49. The van der Waals surface area contributed by atoms with E-state index in [0.717, 1.165) is 0 Å². The second kappa shape index (κ2) is 5.93. The van der Waals surface area contributed by atoms with Gasteiger partial charge in [0.2, 0.25) is 0 Å². The first kappa shape index (κ1) is 10.2. The SMILES string of the molecule is CNC.Cc1ccccc1C. The number of hydrogen-bond donors (Lipinski definition) is 1. The summed E-state index contributed by atoms with van der Waals surface area (Å²) >= 11 is 0. The zero-order valence-electron chi connectivity index (χ0n) is 7.81. The van der Waals surface area contributed by atoms with Gasteiger partial charge in [-0.15, -0.1) is 0 Å². The third kappa shape index (κ3) is 4.57. The molecule has 1 N–H and O–H groups in total. The van der Waals surface area contributed by atoms with Gasteiger partial charge in [-0.3, -0.25) is 0 Å². The molecule has 0 aliphatic heterocycles. The van der Waals surface area contributed by atoms with Crippen molar-refractivity contribution in [1.29, 1.82) is 0 Å². The highest BCUT2D eigenvalue weighted by molar-refractivity contribution is 5.23. The topological polar surface area (TPSA) is 12.0 Å². The lowest BCUT2D eigenvalue weighted by Crippen LogP contribution is -1.89. The molecule has 0 bridgehead atoms. The van der Waals surface area contributed by atoms with Crippen molar-refractivity contribution in [3.63, 3.8) is 0 Å². The molecule has 0 unspecified atom stereocenters. The van der Waals surface area contributed by atoms with E-state index < -0.39 is 0 Å². The molecule has 0 radical (unpaired) electrons. The van der Waals surface area contributed by atoms with Gasteiger partial charge in [-0.1, -0.05) is 24.3 Å². The molecule has 62 valence electrons. The fraction of sp³-hybridized carbons (Fsp3) is 0.400. The largest absolute Gasteiger partial charge is 0.323 e. The predicted molar refractivity (Wildman–Crippen MR) is 50.9 cm³/mol. The van der Waals surface area contributed by atoms with Gasteiger partial charge in [-0.05, 0) is 39.1 Å². The maximum atomic E-state index is 2.75. The van der Waals surface area contributed by atoms with E-state index in [2.05, 4.69) is 43.4 Å². The van der Waals surface area contributed by atoms with E-state index in [0.29, 0.717) is 0 Å². The standard InChI is InChI=1S/C8H10.C2H7N/c1-7-5-3-4-6-8(7)2;1-3-2/h3-6H,1-2H3;3H,1-2H3. The summed E-state index contributed by atoms with van der Waals surface area (Å²) in [6, 6.07) is 8.36. The number of benzene rings is 1. The van der Waals surface area contributed by atoms with Gasteiger partial charge in [0.1, 0.15) is 0 Å². The quantitative estimate of drug-likeness (QED) is 0.599. The zero-order chi connectivity index (χ0) is 8.69. The first-order chi connectivity index (χ1) is 5.22. The van der Waals surface area contributed by atoms with E-state index in [1.807, 2.05) is 14.1 Å². The molecule has 0 aliphatic carbocycles. The molecule has 0 saturated heterocycles. The van der Waals surface area contributed by atoms with Crippen molar-refractivity contribution >= 4 is 0 Å². The first-order valence-corrected chi connectivity index (χ1v) is 3.83. The van der Waals surface area contributed by atoms with Gasteiger partial charge in [0.15, 0.2) is 0 Å². The Balaban J connectivity index is 0.000000292. The molecule has 1 aromatic rings. The molecule has 0 fully saturated rings. The van der Waals surface area contributed by atoms with E-state index in [4.69, 9.17) is 0 Å². The fourth-order valence-corrected chi connectivity index (χ4v) is 0.663. The highest BCUT2D eigenvalue weighted by Crippen LogP contribution is 2.02. The Morgan fingerprint density at radius 3 is 1.36 bits per heavy atom. The normalized spacial score (nSPS) is 8.36. The Labute approximate surface area is 69.4 Å². The Hall–Kier alpha value is -0.820. The molecule has 0 aromatic heterocycles. The monoisotopic (exact) mass is 151 g/mol. The van der Waals surface area contributed by atoms with Crippen LogP contribution in [0.3, 0.4) is 0 Å². The van der Waals surface area contributed by atoms with Crippen LogP contribution in [0.25, 0.3) is 0 Å². The van der Waals surface area contributed by atoms with E-state index in [1.165, 1.54) is 11.1 Å². The average molecular weight is 151 g/mol. The van der Waals surface area contributed by atoms with Crippen molar-refractivity contribution in [3.05, 3.63) is 35.4 Å². The summed E-state index contributed by atoms with van der Waals surface area (Å²) in [6.07, 6.45) is 0. The Morgan fingerprint density at radius 1 is 0.909 bits per heavy atom. The highest BCUT2D eigenvalue weighted by atomic mass is 14.7. The predicted octanol–water partition coefficient (Wildman–Crippen LogP) is 2.14. The van der Waals surface area contributed by atoms with Gasteiger partial charge in [0.05, 0.1) is 0 Å². The minimum atomic E-state index is 1.37. The van der Waals surface area contributed by atoms with Gasteiger partial charge in [0.25, 0.3) is 0 Å². The summed E-state index contributed by atoms with van der Waals surface area (Å²) in [6.45, 7) is 4.24. The molecule has 0 spiro atoms. The van der Waals surface area contributed by atoms with E-state index in [-0.39, 0.29) is 0 Å². The second-order valence-corrected chi connectivity index (χ2v) is 2.58. The minimum absolute atomic E-state index is 1.37. The van der Waals surface area contributed by atoms with E-state index in [9.17, 15) is 0 Å². The molecule has 0 saturated carbocycles. The molecule has 1 heteroatoms. The van der Waals surface area contributed by atoms with Gasteiger partial charge >= 0.3 is 0 Å². The van der Waals surface area contributed by atoms with Crippen molar-refractivity contribution < 1.29 is 0 Å². The lowest BCUT2D eigenvalue weighted by molar-refractivity contribution is 1.02. The molecule has 1 nitrogen and oxygen atoms in total. The van der Waals surface area contributed by atoms with Gasteiger partial charge < -0.3 is 5.32 Å². The van der Waals surface area contributed by atoms with Gasteiger partial charge in [-0.25, -0.2) is 0 Å². The lowest BCUT2D eigenvalue weighted by Gasteiger charge is -1.93. The molecule has 0 heterocycles. The van der Waals surface area contributed by atoms with Gasteiger partial charge in [-0.2, -0.15) is 0 Å². The Morgan fingerprint density at radius 2 is 1.18 bits per heavy atom. The molecular weight excluding hydrogens is 134 g/mol. The molecule has 11 heavy (non-hydrogen) atoms. The summed E-state index contributed by atoms with van der Waals surface area (Å²) in [5.74, 6) is 0. The second-order valence-electron chi connectivity index (χ2n) is 2.58. The van der Waals surface area contributed by atoms with Crippen LogP contribution in [0.1, 0.15) is 11.1 Å². The number of hydrogen-bond acceptors (Lipinski definition) is 1. The third-order valence-electron chi connectivity index (χ3n) is 1.43. The molecule has 1 aromatic carbocycles. The van der Waals surface area contributed by atoms with Crippen LogP contribution in [0.2, 0.25) is 0 Å². The van der Waals surface area contributed by atoms with Crippen LogP contribution in [-0.4, -0.2) is 14.1 Å². The summed E-state index contributed by atoms with van der Waals surface area (Å²) in [4.78, 5) is 0. The summed E-state index contributed by atoms with van der Waals surface area (Å²) in [7, 11) is 3.75. The Bertz CT molecular complexity index is 173. The third-order valence-corrected chi connectivity index (χ3v) is 1.43. The van der Waals surface area contributed by atoms with Crippen molar-refractivity contribution in [3.8, 4) is 0 Å². The maximum Gasteiger partial charge on any atom is -0.0167 e. The van der Waals surface area contributed by atoms with Crippen LogP contribution in [0.5, 0.6) is 0 Å². The van der Waals surface area contributed by atoms with Crippen LogP contribution < -0.4 is 5.32 Å². The number of aryl methyl sites for hydroxylation is 2. The summed E-state index contributed by atoms with van der Waals surface area (Å²) < 4.78 is 0. The first-order valence-electron chi connectivity index (χ1n) is 3.83. The van der Waals surface area contributed by atoms with Crippen LogP contribution in [0.4, 0.5) is 0 Å². The van der Waals surface area contributed by atoms with Crippen LogP contribution in [0.15, 0.2) is 24.3 Å². The molecule has 0 atom stereocenters. The van der Waals surface area contributed by atoms with Crippen LogP contribution in [0, 0.1) is 13.8 Å². The zero-order valence-corrected chi connectivity index (χ0v) is 7.81.